The first-order valence-electron chi connectivity index (χ1n) is 19.5. The molecular formula is C53H33N3OS. The van der Waals surface area contributed by atoms with Gasteiger partial charge in [0.2, 0.25) is 5.89 Å². The van der Waals surface area contributed by atoms with Gasteiger partial charge in [-0.25, -0.2) is 4.98 Å². The second-order valence-electron chi connectivity index (χ2n) is 14.8. The van der Waals surface area contributed by atoms with Gasteiger partial charge in [-0.1, -0.05) is 115 Å². The molecule has 9 aromatic carbocycles. The molecule has 5 heteroatoms. The maximum absolute atomic E-state index is 6.18. The van der Waals surface area contributed by atoms with Crippen LogP contribution in [0.1, 0.15) is 0 Å². The smallest absolute Gasteiger partial charge is 0.227 e. The molecule has 12 rings (SSSR count). The third kappa shape index (κ3) is 5.25. The van der Waals surface area contributed by atoms with Gasteiger partial charge in [0.15, 0.2) is 5.58 Å². The molecular weight excluding hydrogens is 727 g/mol. The van der Waals surface area contributed by atoms with Crippen LogP contribution in [0.15, 0.2) is 205 Å². The van der Waals surface area contributed by atoms with Crippen molar-refractivity contribution in [2.75, 3.05) is 4.90 Å². The summed E-state index contributed by atoms with van der Waals surface area (Å²) in [7, 11) is 0. The van der Waals surface area contributed by atoms with Gasteiger partial charge in [-0.3, -0.25) is 0 Å². The van der Waals surface area contributed by atoms with E-state index in [0.717, 1.165) is 61.3 Å². The Balaban J connectivity index is 0.987. The van der Waals surface area contributed by atoms with Crippen LogP contribution >= 0.6 is 11.3 Å². The van der Waals surface area contributed by atoms with Gasteiger partial charge in [-0.15, -0.1) is 11.3 Å². The third-order valence-corrected chi connectivity index (χ3v) is 12.5. The summed E-state index contributed by atoms with van der Waals surface area (Å²) in [4.78, 5) is 7.31. The highest BCUT2D eigenvalue weighted by Gasteiger charge is 2.19. The van der Waals surface area contributed by atoms with Crippen LogP contribution in [0.3, 0.4) is 0 Å². The van der Waals surface area contributed by atoms with Crippen molar-refractivity contribution in [1.82, 2.24) is 9.55 Å². The Morgan fingerprint density at radius 2 is 1.07 bits per heavy atom. The predicted octanol–water partition coefficient (Wildman–Crippen LogP) is 15.2. The Kier molecular flexibility index (Phi) is 7.37. The normalized spacial score (nSPS) is 11.8. The lowest BCUT2D eigenvalue weighted by atomic mass is 10.00. The molecule has 3 aromatic heterocycles. The molecule has 58 heavy (non-hydrogen) atoms. The average Bonchev–Trinajstić information content (AvgIpc) is 3.99. The van der Waals surface area contributed by atoms with Gasteiger partial charge in [-0.2, -0.15) is 0 Å². The molecule has 0 spiro atoms. The molecule has 4 nitrogen and oxygen atoms in total. The van der Waals surface area contributed by atoms with Crippen LogP contribution in [-0.2, 0) is 0 Å². The Hall–Kier alpha value is -7.47. The highest BCUT2D eigenvalue weighted by Crippen LogP contribution is 2.43. The van der Waals surface area contributed by atoms with Crippen molar-refractivity contribution in [2.45, 2.75) is 0 Å². The SMILES string of the molecule is c1ccc(-c2nc3c(ccc4cc(-c5ccc(N(c6ccc7c(c6)sc6ccccc67)c6ccc7c8ccccc8n(-c8ccccc8)c7c6)cc5)ccc43)o2)cc1. The minimum absolute atomic E-state index is 0.638. The summed E-state index contributed by atoms with van der Waals surface area (Å²) in [6, 6.07) is 71.7. The highest BCUT2D eigenvalue weighted by atomic mass is 32.1. The molecule has 0 bridgehead atoms. The Morgan fingerprint density at radius 3 is 1.91 bits per heavy atom. The summed E-state index contributed by atoms with van der Waals surface area (Å²) in [5.41, 5.74) is 11.8. The molecule has 0 aliphatic rings. The van der Waals surface area contributed by atoms with Crippen molar-refractivity contribution in [1.29, 1.82) is 0 Å². The third-order valence-electron chi connectivity index (χ3n) is 11.4. The lowest BCUT2D eigenvalue weighted by molar-refractivity contribution is 0.620. The molecule has 3 heterocycles. The van der Waals surface area contributed by atoms with Gasteiger partial charge in [-0.05, 0) is 101 Å². The van der Waals surface area contributed by atoms with E-state index in [9.17, 15) is 0 Å². The maximum atomic E-state index is 6.18. The summed E-state index contributed by atoms with van der Waals surface area (Å²) < 4.78 is 11.1. The molecule has 0 unspecified atom stereocenters. The number of oxazole rings is 1. The van der Waals surface area contributed by atoms with E-state index in [1.165, 1.54) is 42.0 Å². The minimum atomic E-state index is 0.638. The van der Waals surface area contributed by atoms with Crippen LogP contribution in [-0.4, -0.2) is 9.55 Å². The highest BCUT2D eigenvalue weighted by molar-refractivity contribution is 7.25. The van der Waals surface area contributed by atoms with E-state index in [0.29, 0.717) is 5.89 Å². The zero-order valence-corrected chi connectivity index (χ0v) is 32.0. The van der Waals surface area contributed by atoms with Crippen LogP contribution in [0.2, 0.25) is 0 Å². The van der Waals surface area contributed by atoms with Gasteiger partial charge in [0.25, 0.3) is 0 Å². The van der Waals surface area contributed by atoms with Crippen molar-refractivity contribution in [3.63, 3.8) is 0 Å². The summed E-state index contributed by atoms with van der Waals surface area (Å²) >= 11 is 1.85. The molecule has 0 N–H and O–H groups in total. The number of para-hydroxylation sites is 2. The van der Waals surface area contributed by atoms with Crippen molar-refractivity contribution >= 4 is 92.2 Å². The monoisotopic (exact) mass is 759 g/mol. The van der Waals surface area contributed by atoms with E-state index < -0.39 is 0 Å². The first-order chi connectivity index (χ1) is 28.7. The van der Waals surface area contributed by atoms with Crippen LogP contribution in [0.4, 0.5) is 17.1 Å². The summed E-state index contributed by atoms with van der Waals surface area (Å²) in [6.07, 6.45) is 0. The molecule has 0 saturated carbocycles. The van der Waals surface area contributed by atoms with Crippen molar-refractivity contribution < 1.29 is 4.42 Å². The van der Waals surface area contributed by atoms with Crippen LogP contribution < -0.4 is 4.90 Å². The topological polar surface area (TPSA) is 34.2 Å². The van der Waals surface area contributed by atoms with Gasteiger partial charge < -0.3 is 13.9 Å². The predicted molar refractivity (Wildman–Crippen MR) is 244 cm³/mol. The molecule has 12 aromatic rings. The molecule has 0 saturated heterocycles. The summed E-state index contributed by atoms with van der Waals surface area (Å²) in [6.45, 7) is 0. The fraction of sp³-hybridized carbons (Fsp3) is 0. The summed E-state index contributed by atoms with van der Waals surface area (Å²) in [5, 5.41) is 7.27. The van der Waals surface area contributed by atoms with E-state index in [2.05, 4.69) is 173 Å². The van der Waals surface area contributed by atoms with Crippen LogP contribution in [0.25, 0.3) is 92.1 Å². The first kappa shape index (κ1) is 32.7. The van der Waals surface area contributed by atoms with Crippen molar-refractivity contribution in [3.05, 3.63) is 200 Å². The standard InChI is InChI=1S/C53H33N3OS/c1-3-11-35(12-4-1)53-54-52-42-27-21-36(31-37(42)22-30-49(52)57-53)34-19-23-39(24-20-34)55(41-26-29-46-45-16-8-10-18-50(45)58-51(46)33-41)40-25-28-44-43-15-7-9-17-47(43)56(48(44)32-40)38-13-5-2-6-14-38/h1-33H. The van der Waals surface area contributed by atoms with E-state index in [-0.39, 0.29) is 0 Å². The minimum Gasteiger partial charge on any atom is -0.436 e. The molecule has 0 fully saturated rings. The number of fused-ring (bicyclic) bond motifs is 9. The number of hydrogen-bond donors (Lipinski definition) is 0. The van der Waals surface area contributed by atoms with E-state index in [4.69, 9.17) is 9.40 Å². The second kappa shape index (κ2) is 13.1. The maximum Gasteiger partial charge on any atom is 0.227 e. The Morgan fingerprint density at radius 1 is 0.431 bits per heavy atom. The molecule has 272 valence electrons. The number of nitrogens with zero attached hydrogens (tertiary/aromatic N) is 3. The summed E-state index contributed by atoms with van der Waals surface area (Å²) in [5.74, 6) is 0.638. The van der Waals surface area contributed by atoms with Crippen LogP contribution in [0, 0.1) is 0 Å². The fourth-order valence-electron chi connectivity index (χ4n) is 8.66. The fourth-order valence-corrected chi connectivity index (χ4v) is 9.80. The van der Waals surface area contributed by atoms with Gasteiger partial charge in [0.05, 0.1) is 11.0 Å². The average molecular weight is 760 g/mol. The lowest BCUT2D eigenvalue weighted by Crippen LogP contribution is -2.10. The number of rotatable bonds is 6. The van der Waals surface area contributed by atoms with E-state index >= 15 is 0 Å². The molecule has 0 radical (unpaired) electrons. The lowest BCUT2D eigenvalue weighted by Gasteiger charge is -2.26. The largest absolute Gasteiger partial charge is 0.436 e. The second-order valence-corrected chi connectivity index (χ2v) is 15.9. The van der Waals surface area contributed by atoms with Gasteiger partial charge in [0, 0.05) is 64.6 Å². The zero-order valence-electron chi connectivity index (χ0n) is 31.2. The molecule has 0 atom stereocenters. The van der Waals surface area contributed by atoms with Crippen LogP contribution in [0.5, 0.6) is 0 Å². The zero-order chi connectivity index (χ0) is 38.2. The quantitative estimate of drug-likeness (QED) is 0.169. The van der Waals surface area contributed by atoms with E-state index in [1.807, 2.05) is 47.7 Å². The molecule has 0 aliphatic heterocycles. The number of benzene rings is 9. The van der Waals surface area contributed by atoms with Crippen molar-refractivity contribution in [2.24, 2.45) is 0 Å². The van der Waals surface area contributed by atoms with E-state index in [1.54, 1.807) is 0 Å². The van der Waals surface area contributed by atoms with Gasteiger partial charge >= 0.3 is 0 Å². The first-order valence-corrected chi connectivity index (χ1v) is 20.3. The Labute approximate surface area is 338 Å². The number of anilines is 3. The number of hydrogen-bond acceptors (Lipinski definition) is 4. The Bertz CT molecular complexity index is 3510. The van der Waals surface area contributed by atoms with Crippen molar-refractivity contribution in [3.8, 4) is 28.3 Å². The van der Waals surface area contributed by atoms with Gasteiger partial charge in [0.1, 0.15) is 5.52 Å². The molecule has 0 amide bonds. The number of thiophene rings is 1. The number of aromatic nitrogens is 2. The molecule has 0 aliphatic carbocycles.